The second-order valence-corrected chi connectivity index (χ2v) is 3.71. The fourth-order valence-corrected chi connectivity index (χ4v) is 0.486. The molecule has 0 fully saturated rings. The molecule has 0 aromatic rings. The van der Waals surface area contributed by atoms with Gasteiger partial charge in [0.2, 0.25) is 0 Å². The maximum Gasteiger partial charge on any atom is -0.0200 e. The van der Waals surface area contributed by atoms with Gasteiger partial charge < -0.3 is 0 Å². The fourth-order valence-electron chi connectivity index (χ4n) is 0.486. The summed E-state index contributed by atoms with van der Waals surface area (Å²) < 4.78 is 0. The summed E-state index contributed by atoms with van der Waals surface area (Å²) in [5, 5.41) is 0. The maximum atomic E-state index is 3.89. The van der Waals surface area contributed by atoms with Gasteiger partial charge in [0.15, 0.2) is 0 Å². The monoisotopic (exact) mass is 138 g/mol. The SMILES string of the molecule is C=C(C=CC(C)(C)C)CC. The molecule has 0 amide bonds. The molecule has 0 unspecified atom stereocenters. The van der Waals surface area contributed by atoms with Crippen molar-refractivity contribution in [1.82, 2.24) is 0 Å². The van der Waals surface area contributed by atoms with Gasteiger partial charge in [-0.15, -0.1) is 0 Å². The summed E-state index contributed by atoms with van der Waals surface area (Å²) in [6, 6.07) is 0. The maximum absolute atomic E-state index is 3.89. The Morgan fingerprint density at radius 2 is 1.90 bits per heavy atom. The Labute approximate surface area is 64.6 Å². The van der Waals surface area contributed by atoms with Gasteiger partial charge in [-0.05, 0) is 11.8 Å². The van der Waals surface area contributed by atoms with Crippen molar-refractivity contribution in [1.29, 1.82) is 0 Å². The van der Waals surface area contributed by atoms with Gasteiger partial charge in [-0.3, -0.25) is 0 Å². The molecule has 0 radical (unpaired) electrons. The average molecular weight is 138 g/mol. The highest BCUT2D eigenvalue weighted by Crippen LogP contribution is 2.15. The predicted molar refractivity (Wildman–Crippen MR) is 48.0 cm³/mol. The third-order valence-corrected chi connectivity index (χ3v) is 1.27. The van der Waals surface area contributed by atoms with Crippen LogP contribution in [-0.4, -0.2) is 0 Å². The third-order valence-electron chi connectivity index (χ3n) is 1.27. The van der Waals surface area contributed by atoms with Crippen molar-refractivity contribution >= 4 is 0 Å². The van der Waals surface area contributed by atoms with Crippen LogP contribution in [0.1, 0.15) is 34.1 Å². The summed E-state index contributed by atoms with van der Waals surface area (Å²) in [6.45, 7) is 12.6. The van der Waals surface area contributed by atoms with E-state index >= 15 is 0 Å². The minimum absolute atomic E-state index is 0.290. The van der Waals surface area contributed by atoms with Crippen LogP contribution in [-0.2, 0) is 0 Å². The summed E-state index contributed by atoms with van der Waals surface area (Å²) in [7, 11) is 0. The van der Waals surface area contributed by atoms with E-state index in [-0.39, 0.29) is 5.41 Å². The van der Waals surface area contributed by atoms with Crippen molar-refractivity contribution in [2.24, 2.45) is 5.41 Å². The molecule has 0 saturated carbocycles. The molecule has 0 bridgehead atoms. The van der Waals surface area contributed by atoms with Crippen LogP contribution in [0.2, 0.25) is 0 Å². The summed E-state index contributed by atoms with van der Waals surface area (Å²) in [5.74, 6) is 0. The molecule has 0 aliphatic rings. The van der Waals surface area contributed by atoms with E-state index in [0.717, 1.165) is 6.42 Å². The average Bonchev–Trinajstić information content (AvgIpc) is 1.81. The molecule has 0 nitrogen and oxygen atoms in total. The van der Waals surface area contributed by atoms with Crippen molar-refractivity contribution in [2.75, 3.05) is 0 Å². The highest BCUT2D eigenvalue weighted by Gasteiger charge is 2.02. The molecule has 0 spiro atoms. The minimum atomic E-state index is 0.290. The van der Waals surface area contributed by atoms with Crippen LogP contribution in [0.3, 0.4) is 0 Å². The summed E-state index contributed by atoms with van der Waals surface area (Å²) >= 11 is 0. The van der Waals surface area contributed by atoms with Crippen LogP contribution < -0.4 is 0 Å². The van der Waals surface area contributed by atoms with Gasteiger partial charge in [0.05, 0.1) is 0 Å². The Balaban J connectivity index is 3.88. The molecule has 0 aliphatic heterocycles. The zero-order chi connectivity index (χ0) is 8.20. The topological polar surface area (TPSA) is 0 Å². The Bertz CT molecular complexity index is 133. The highest BCUT2D eigenvalue weighted by molar-refractivity contribution is 5.15. The second-order valence-electron chi connectivity index (χ2n) is 3.71. The van der Waals surface area contributed by atoms with E-state index in [0.29, 0.717) is 0 Å². The normalized spacial score (nSPS) is 12.4. The van der Waals surface area contributed by atoms with Gasteiger partial charge >= 0.3 is 0 Å². The van der Waals surface area contributed by atoms with E-state index in [9.17, 15) is 0 Å². The van der Waals surface area contributed by atoms with Crippen molar-refractivity contribution < 1.29 is 0 Å². The van der Waals surface area contributed by atoms with Gasteiger partial charge in [0, 0.05) is 0 Å². The summed E-state index contributed by atoms with van der Waals surface area (Å²) in [5.41, 5.74) is 1.49. The molecule has 0 N–H and O–H groups in total. The summed E-state index contributed by atoms with van der Waals surface area (Å²) in [4.78, 5) is 0. The van der Waals surface area contributed by atoms with E-state index in [1.807, 2.05) is 0 Å². The first-order valence-corrected chi connectivity index (χ1v) is 3.82. The molecule has 0 heterocycles. The predicted octanol–water partition coefficient (Wildman–Crippen LogP) is 3.55. The summed E-state index contributed by atoms with van der Waals surface area (Å²) in [6.07, 6.45) is 5.35. The number of rotatable bonds is 2. The molecular formula is C10H18. The molecular weight excluding hydrogens is 120 g/mol. The first-order chi connectivity index (χ1) is 4.45. The van der Waals surface area contributed by atoms with E-state index in [1.54, 1.807) is 0 Å². The number of hydrogen-bond donors (Lipinski definition) is 0. The van der Waals surface area contributed by atoms with Crippen LogP contribution in [0.5, 0.6) is 0 Å². The van der Waals surface area contributed by atoms with Crippen LogP contribution >= 0.6 is 0 Å². The Kier molecular flexibility index (Phi) is 3.41. The molecule has 0 atom stereocenters. The van der Waals surface area contributed by atoms with Crippen molar-refractivity contribution in [3.63, 3.8) is 0 Å². The van der Waals surface area contributed by atoms with E-state index in [1.165, 1.54) is 5.57 Å². The van der Waals surface area contributed by atoms with Gasteiger partial charge in [-0.1, -0.05) is 52.0 Å². The van der Waals surface area contributed by atoms with Crippen molar-refractivity contribution in [2.45, 2.75) is 34.1 Å². The van der Waals surface area contributed by atoms with Crippen LogP contribution in [0, 0.1) is 5.41 Å². The standard InChI is InChI=1S/C10H18/c1-6-9(2)7-8-10(3,4)5/h7-8H,2,6H2,1,3-5H3. The Hall–Kier alpha value is -0.520. The molecule has 58 valence electrons. The fraction of sp³-hybridized carbons (Fsp3) is 0.600. The molecule has 0 rings (SSSR count). The molecule has 0 heteroatoms. The molecule has 0 aromatic carbocycles. The van der Waals surface area contributed by atoms with Crippen LogP contribution in [0.15, 0.2) is 24.3 Å². The Morgan fingerprint density at radius 3 is 2.20 bits per heavy atom. The molecule has 10 heavy (non-hydrogen) atoms. The van der Waals surface area contributed by atoms with E-state index < -0.39 is 0 Å². The molecule has 0 saturated heterocycles. The zero-order valence-corrected chi connectivity index (χ0v) is 7.57. The first-order valence-electron chi connectivity index (χ1n) is 3.82. The second kappa shape index (κ2) is 3.60. The van der Waals surface area contributed by atoms with E-state index in [4.69, 9.17) is 0 Å². The van der Waals surface area contributed by atoms with Crippen LogP contribution in [0.25, 0.3) is 0 Å². The minimum Gasteiger partial charge on any atom is -0.0959 e. The van der Waals surface area contributed by atoms with Gasteiger partial charge in [-0.25, -0.2) is 0 Å². The zero-order valence-electron chi connectivity index (χ0n) is 7.57. The van der Waals surface area contributed by atoms with Crippen LogP contribution in [0.4, 0.5) is 0 Å². The van der Waals surface area contributed by atoms with Gasteiger partial charge in [-0.2, -0.15) is 0 Å². The highest BCUT2D eigenvalue weighted by atomic mass is 14.1. The van der Waals surface area contributed by atoms with Crippen molar-refractivity contribution in [3.05, 3.63) is 24.3 Å². The van der Waals surface area contributed by atoms with Gasteiger partial charge in [0.25, 0.3) is 0 Å². The van der Waals surface area contributed by atoms with Crippen molar-refractivity contribution in [3.8, 4) is 0 Å². The lowest BCUT2D eigenvalue weighted by molar-refractivity contribution is 0.543. The molecule has 0 aromatic heterocycles. The largest absolute Gasteiger partial charge is 0.0959 e. The number of hydrogen-bond acceptors (Lipinski definition) is 0. The van der Waals surface area contributed by atoms with Gasteiger partial charge in [0.1, 0.15) is 0 Å². The number of allylic oxidation sites excluding steroid dienone is 3. The smallest absolute Gasteiger partial charge is 0.0200 e. The third kappa shape index (κ3) is 5.61. The molecule has 0 aliphatic carbocycles. The quantitative estimate of drug-likeness (QED) is 0.512. The Morgan fingerprint density at radius 1 is 1.40 bits per heavy atom. The lowest BCUT2D eigenvalue weighted by Gasteiger charge is -2.10. The lowest BCUT2D eigenvalue weighted by Crippen LogP contribution is -1.98. The van der Waals surface area contributed by atoms with E-state index in [2.05, 4.69) is 46.4 Å². The first kappa shape index (κ1) is 9.48. The lowest BCUT2D eigenvalue weighted by atomic mass is 9.95.